The fourth-order valence-electron chi connectivity index (χ4n) is 1.72. The molecule has 6 heteroatoms. The SMILES string of the molecule is CCCNc1snnc1COc1ccc(C)cc1OC. The fraction of sp³-hybridized carbons (Fsp3) is 0.429. The van der Waals surface area contributed by atoms with Crippen LogP contribution in [0.15, 0.2) is 18.2 Å². The summed E-state index contributed by atoms with van der Waals surface area (Å²) in [5.41, 5.74) is 1.96. The van der Waals surface area contributed by atoms with Crippen molar-refractivity contribution in [3.05, 3.63) is 29.5 Å². The number of nitrogens with zero attached hydrogens (tertiary/aromatic N) is 2. The van der Waals surface area contributed by atoms with E-state index in [1.165, 1.54) is 11.5 Å². The molecule has 0 fully saturated rings. The summed E-state index contributed by atoms with van der Waals surface area (Å²) in [6, 6.07) is 5.85. The molecule has 0 aliphatic rings. The zero-order valence-electron chi connectivity index (χ0n) is 12.0. The summed E-state index contributed by atoms with van der Waals surface area (Å²) in [6.45, 7) is 5.42. The Balaban J connectivity index is 2.03. The van der Waals surface area contributed by atoms with Gasteiger partial charge in [0.1, 0.15) is 17.3 Å². The van der Waals surface area contributed by atoms with Crippen LogP contribution in [0.5, 0.6) is 11.5 Å². The molecule has 5 nitrogen and oxygen atoms in total. The Kier molecular flexibility index (Phi) is 5.17. The highest BCUT2D eigenvalue weighted by atomic mass is 32.1. The second-order valence-corrected chi connectivity index (χ2v) is 5.17. The lowest BCUT2D eigenvalue weighted by Crippen LogP contribution is -2.04. The standard InChI is InChI=1S/C14H19N3O2S/c1-4-7-15-14-11(16-17-20-14)9-19-12-6-5-10(2)8-13(12)18-3/h5-6,8,15H,4,7,9H2,1-3H3. The van der Waals surface area contributed by atoms with Crippen LogP contribution in [0.3, 0.4) is 0 Å². The molecule has 0 spiro atoms. The minimum Gasteiger partial charge on any atom is -0.493 e. The first-order valence-electron chi connectivity index (χ1n) is 6.57. The molecule has 0 amide bonds. The van der Waals surface area contributed by atoms with Crippen LogP contribution in [0.2, 0.25) is 0 Å². The predicted molar refractivity (Wildman–Crippen MR) is 80.8 cm³/mol. The third-order valence-electron chi connectivity index (χ3n) is 2.77. The summed E-state index contributed by atoms with van der Waals surface area (Å²) < 4.78 is 15.1. The van der Waals surface area contributed by atoms with Gasteiger partial charge in [-0.25, -0.2) is 0 Å². The summed E-state index contributed by atoms with van der Waals surface area (Å²) >= 11 is 1.35. The van der Waals surface area contributed by atoms with Crippen molar-refractivity contribution in [2.45, 2.75) is 26.9 Å². The molecule has 0 saturated carbocycles. The van der Waals surface area contributed by atoms with E-state index in [0.29, 0.717) is 12.4 Å². The minimum atomic E-state index is 0.377. The topological polar surface area (TPSA) is 56.3 Å². The number of aryl methyl sites for hydroxylation is 1. The average Bonchev–Trinajstić information content (AvgIpc) is 2.91. The van der Waals surface area contributed by atoms with Gasteiger partial charge in [-0.3, -0.25) is 0 Å². The molecule has 20 heavy (non-hydrogen) atoms. The molecule has 0 saturated heterocycles. The van der Waals surface area contributed by atoms with Crippen molar-refractivity contribution in [1.29, 1.82) is 0 Å². The van der Waals surface area contributed by atoms with E-state index in [-0.39, 0.29) is 0 Å². The second kappa shape index (κ2) is 7.09. The Morgan fingerprint density at radius 3 is 2.90 bits per heavy atom. The summed E-state index contributed by atoms with van der Waals surface area (Å²) in [7, 11) is 1.64. The number of rotatable bonds is 7. The predicted octanol–water partition coefficient (Wildman–Crippen LogP) is 3.26. The quantitative estimate of drug-likeness (QED) is 0.849. The van der Waals surface area contributed by atoms with Crippen LogP contribution in [0, 0.1) is 6.92 Å². The van der Waals surface area contributed by atoms with Crippen molar-refractivity contribution in [1.82, 2.24) is 9.59 Å². The summed E-state index contributed by atoms with van der Waals surface area (Å²) in [4.78, 5) is 0. The first-order valence-corrected chi connectivity index (χ1v) is 7.34. The van der Waals surface area contributed by atoms with Crippen molar-refractivity contribution in [2.75, 3.05) is 19.0 Å². The van der Waals surface area contributed by atoms with Crippen molar-refractivity contribution >= 4 is 16.5 Å². The summed E-state index contributed by atoms with van der Waals surface area (Å²) in [5, 5.41) is 8.37. The number of anilines is 1. The maximum Gasteiger partial charge on any atom is 0.161 e. The summed E-state index contributed by atoms with van der Waals surface area (Å²) in [6.07, 6.45) is 1.06. The van der Waals surface area contributed by atoms with Crippen LogP contribution in [-0.4, -0.2) is 23.2 Å². The van der Waals surface area contributed by atoms with Crippen molar-refractivity contribution < 1.29 is 9.47 Å². The Morgan fingerprint density at radius 1 is 1.30 bits per heavy atom. The molecular weight excluding hydrogens is 274 g/mol. The van der Waals surface area contributed by atoms with Gasteiger partial charge >= 0.3 is 0 Å². The maximum absolute atomic E-state index is 5.79. The zero-order valence-corrected chi connectivity index (χ0v) is 12.8. The smallest absolute Gasteiger partial charge is 0.161 e. The van der Waals surface area contributed by atoms with Gasteiger partial charge in [-0.05, 0) is 31.0 Å². The Morgan fingerprint density at radius 2 is 2.15 bits per heavy atom. The summed E-state index contributed by atoms with van der Waals surface area (Å²) in [5.74, 6) is 1.45. The van der Waals surface area contributed by atoms with Crippen LogP contribution >= 0.6 is 11.5 Å². The number of hydrogen-bond acceptors (Lipinski definition) is 6. The molecule has 1 heterocycles. The van der Waals surface area contributed by atoms with E-state index in [2.05, 4.69) is 21.8 Å². The van der Waals surface area contributed by atoms with Gasteiger partial charge in [0.15, 0.2) is 11.5 Å². The van der Waals surface area contributed by atoms with Crippen molar-refractivity contribution in [3.63, 3.8) is 0 Å². The van der Waals surface area contributed by atoms with Gasteiger partial charge in [0.25, 0.3) is 0 Å². The highest BCUT2D eigenvalue weighted by molar-refractivity contribution is 7.10. The third kappa shape index (κ3) is 3.60. The average molecular weight is 293 g/mol. The lowest BCUT2D eigenvalue weighted by Gasteiger charge is -2.11. The van der Waals surface area contributed by atoms with Crippen LogP contribution in [0.4, 0.5) is 5.00 Å². The third-order valence-corrected chi connectivity index (χ3v) is 3.50. The normalized spacial score (nSPS) is 10.3. The van der Waals surface area contributed by atoms with Crippen molar-refractivity contribution in [2.24, 2.45) is 0 Å². The molecule has 0 atom stereocenters. The number of ether oxygens (including phenoxy) is 2. The molecule has 0 unspecified atom stereocenters. The highest BCUT2D eigenvalue weighted by Gasteiger charge is 2.10. The zero-order chi connectivity index (χ0) is 14.4. The number of hydrogen-bond donors (Lipinski definition) is 1. The largest absolute Gasteiger partial charge is 0.493 e. The fourth-order valence-corrected chi connectivity index (χ4v) is 2.31. The van der Waals surface area contributed by atoms with Gasteiger partial charge in [-0.15, -0.1) is 5.10 Å². The van der Waals surface area contributed by atoms with E-state index in [1.807, 2.05) is 25.1 Å². The van der Waals surface area contributed by atoms with Crippen LogP contribution in [-0.2, 0) is 6.61 Å². The highest BCUT2D eigenvalue weighted by Crippen LogP contribution is 2.29. The first kappa shape index (κ1) is 14.6. The molecule has 0 aliphatic carbocycles. The maximum atomic E-state index is 5.79. The molecule has 0 aliphatic heterocycles. The Hall–Kier alpha value is -1.82. The van der Waals surface area contributed by atoms with E-state index < -0.39 is 0 Å². The molecule has 2 rings (SSSR count). The van der Waals surface area contributed by atoms with Crippen LogP contribution in [0.1, 0.15) is 24.6 Å². The van der Waals surface area contributed by atoms with Gasteiger partial charge in [0.05, 0.1) is 7.11 Å². The molecule has 1 N–H and O–H groups in total. The Bertz CT molecular complexity index is 557. The van der Waals surface area contributed by atoms with E-state index in [9.17, 15) is 0 Å². The number of benzene rings is 1. The monoisotopic (exact) mass is 293 g/mol. The van der Waals surface area contributed by atoms with E-state index in [4.69, 9.17) is 9.47 Å². The van der Waals surface area contributed by atoms with Gasteiger partial charge in [-0.2, -0.15) is 0 Å². The first-order chi connectivity index (χ1) is 9.74. The van der Waals surface area contributed by atoms with Crippen LogP contribution < -0.4 is 14.8 Å². The minimum absolute atomic E-state index is 0.377. The van der Waals surface area contributed by atoms with Gasteiger partial charge in [-0.1, -0.05) is 17.5 Å². The molecule has 0 bridgehead atoms. The molecule has 1 aromatic carbocycles. The number of nitrogens with one attached hydrogen (secondary N) is 1. The van der Waals surface area contributed by atoms with Crippen LogP contribution in [0.25, 0.3) is 0 Å². The van der Waals surface area contributed by atoms with Gasteiger partial charge < -0.3 is 14.8 Å². The van der Waals surface area contributed by atoms with E-state index in [1.54, 1.807) is 7.11 Å². The molecule has 1 aromatic heterocycles. The van der Waals surface area contributed by atoms with E-state index in [0.717, 1.165) is 35.0 Å². The number of methoxy groups -OCH3 is 1. The molecule has 2 aromatic rings. The lowest BCUT2D eigenvalue weighted by molar-refractivity contribution is 0.281. The van der Waals surface area contributed by atoms with Crippen molar-refractivity contribution in [3.8, 4) is 11.5 Å². The van der Waals surface area contributed by atoms with Gasteiger partial charge in [0.2, 0.25) is 0 Å². The number of aromatic nitrogens is 2. The molecule has 108 valence electrons. The van der Waals surface area contributed by atoms with Gasteiger partial charge in [0, 0.05) is 18.1 Å². The second-order valence-electron chi connectivity index (χ2n) is 4.42. The Labute approximate surface area is 123 Å². The lowest BCUT2D eigenvalue weighted by atomic mass is 10.2. The van der Waals surface area contributed by atoms with E-state index >= 15 is 0 Å². The molecule has 0 radical (unpaired) electrons. The molecular formula is C14H19N3O2S.